The Labute approximate surface area is 107 Å². The first-order valence-corrected chi connectivity index (χ1v) is 6.05. The molecule has 1 heterocycles. The van der Waals surface area contributed by atoms with Gasteiger partial charge < -0.3 is 14.6 Å². The first-order chi connectivity index (χ1) is 8.76. The van der Waals surface area contributed by atoms with Gasteiger partial charge in [0.25, 0.3) is 0 Å². The van der Waals surface area contributed by atoms with Gasteiger partial charge in [-0.05, 0) is 19.1 Å². The summed E-state index contributed by atoms with van der Waals surface area (Å²) in [5.41, 5.74) is 0.491. The zero-order chi connectivity index (χ0) is 13.5. The van der Waals surface area contributed by atoms with Gasteiger partial charge in [-0.25, -0.2) is 4.98 Å². The molecule has 0 unspecified atom stereocenters. The minimum absolute atomic E-state index is 0.123. The van der Waals surface area contributed by atoms with Gasteiger partial charge >= 0.3 is 0 Å². The number of para-hydroxylation sites is 1. The lowest BCUT2D eigenvalue weighted by Crippen LogP contribution is -1.96. The Balaban J connectivity index is 0.000000771. The molecule has 4 heteroatoms. The number of nitrogens with zero attached hydrogens (tertiary/aromatic N) is 1. The average molecular weight is 249 g/mol. The molecule has 98 valence electrons. The molecule has 0 aliphatic heterocycles. The number of benzene rings is 1. The maximum atomic E-state index is 9.71. The third kappa shape index (κ3) is 2.83. The first-order valence-electron chi connectivity index (χ1n) is 6.05. The van der Waals surface area contributed by atoms with Crippen LogP contribution in [0.15, 0.2) is 24.3 Å². The van der Waals surface area contributed by atoms with Crippen molar-refractivity contribution in [3.63, 3.8) is 0 Å². The highest BCUT2D eigenvalue weighted by Crippen LogP contribution is 2.32. The van der Waals surface area contributed by atoms with Crippen LogP contribution in [0, 0.1) is 0 Å². The largest absolute Gasteiger partial charge is 0.506 e. The van der Waals surface area contributed by atoms with Crippen LogP contribution >= 0.6 is 0 Å². The Kier molecular flexibility index (Phi) is 5.24. The van der Waals surface area contributed by atoms with Crippen LogP contribution < -0.4 is 9.47 Å². The van der Waals surface area contributed by atoms with Gasteiger partial charge in [0, 0.05) is 11.5 Å². The summed E-state index contributed by atoms with van der Waals surface area (Å²) < 4.78 is 10.5. The normalized spacial score (nSPS) is 9.56. The molecule has 0 radical (unpaired) electrons. The van der Waals surface area contributed by atoms with Gasteiger partial charge in [-0.1, -0.05) is 19.9 Å². The van der Waals surface area contributed by atoms with Gasteiger partial charge in [-0.15, -0.1) is 0 Å². The number of hydrogen-bond acceptors (Lipinski definition) is 4. The number of aromatic hydroxyl groups is 1. The van der Waals surface area contributed by atoms with Gasteiger partial charge in [0.1, 0.15) is 17.0 Å². The highest BCUT2D eigenvalue weighted by atomic mass is 16.5. The summed E-state index contributed by atoms with van der Waals surface area (Å²) in [6, 6.07) is 6.90. The van der Waals surface area contributed by atoms with Crippen molar-refractivity contribution in [2.45, 2.75) is 20.8 Å². The molecule has 1 aromatic carbocycles. The fourth-order valence-electron chi connectivity index (χ4n) is 1.57. The summed E-state index contributed by atoms with van der Waals surface area (Å²) in [5.74, 6) is 1.22. The predicted molar refractivity (Wildman–Crippen MR) is 72.5 cm³/mol. The molecule has 0 bridgehead atoms. The summed E-state index contributed by atoms with van der Waals surface area (Å²) in [6.07, 6.45) is 0. The van der Waals surface area contributed by atoms with Crippen molar-refractivity contribution in [2.24, 2.45) is 0 Å². The first kappa shape index (κ1) is 14.1. The molecule has 1 aromatic heterocycles. The molecule has 18 heavy (non-hydrogen) atoms. The lowest BCUT2D eigenvalue weighted by molar-refractivity contribution is 0.324. The van der Waals surface area contributed by atoms with Crippen LogP contribution in [0.1, 0.15) is 20.8 Å². The number of methoxy groups -OCH3 is 1. The molecule has 0 amide bonds. The molecule has 2 aromatic rings. The van der Waals surface area contributed by atoms with E-state index in [1.54, 1.807) is 25.3 Å². The van der Waals surface area contributed by atoms with E-state index in [-0.39, 0.29) is 5.75 Å². The zero-order valence-electron chi connectivity index (χ0n) is 11.2. The lowest BCUT2D eigenvalue weighted by atomic mass is 10.2. The van der Waals surface area contributed by atoms with Crippen molar-refractivity contribution >= 4 is 10.9 Å². The summed E-state index contributed by atoms with van der Waals surface area (Å²) in [5, 5.41) is 10.5. The van der Waals surface area contributed by atoms with E-state index in [1.807, 2.05) is 26.8 Å². The summed E-state index contributed by atoms with van der Waals surface area (Å²) in [6.45, 7) is 6.40. The number of ether oxygens (including phenoxy) is 2. The Morgan fingerprint density at radius 2 is 2.00 bits per heavy atom. The van der Waals surface area contributed by atoms with Crippen molar-refractivity contribution < 1.29 is 14.6 Å². The van der Waals surface area contributed by atoms with Crippen molar-refractivity contribution in [3.8, 4) is 17.4 Å². The second-order valence-corrected chi connectivity index (χ2v) is 3.27. The molecule has 0 atom stereocenters. The van der Waals surface area contributed by atoms with Crippen LogP contribution in [0.4, 0.5) is 0 Å². The molecular formula is C14H19NO3. The van der Waals surface area contributed by atoms with Gasteiger partial charge in [0.05, 0.1) is 13.7 Å². The molecule has 0 saturated carbocycles. The van der Waals surface area contributed by atoms with Crippen molar-refractivity contribution in [1.29, 1.82) is 0 Å². The number of aromatic nitrogens is 1. The van der Waals surface area contributed by atoms with E-state index in [1.165, 1.54) is 0 Å². The fourth-order valence-corrected chi connectivity index (χ4v) is 1.57. The molecule has 0 aliphatic carbocycles. The molecule has 0 fully saturated rings. The monoisotopic (exact) mass is 249 g/mol. The SMILES string of the molecule is CC.CCOc1cc(OC)c2cccc(O)c2n1. The highest BCUT2D eigenvalue weighted by molar-refractivity contribution is 5.90. The standard InChI is InChI=1S/C12H13NO3.C2H6/c1-3-16-11-7-10(15-2)8-5-4-6-9(14)12(8)13-11;1-2/h4-7,14H,3H2,1-2H3;1-2H3. The summed E-state index contributed by atoms with van der Waals surface area (Å²) in [7, 11) is 1.58. The summed E-state index contributed by atoms with van der Waals surface area (Å²) in [4.78, 5) is 4.22. The number of hydrogen-bond donors (Lipinski definition) is 1. The van der Waals surface area contributed by atoms with Gasteiger partial charge in [-0.2, -0.15) is 0 Å². The zero-order valence-corrected chi connectivity index (χ0v) is 11.2. The van der Waals surface area contributed by atoms with Gasteiger partial charge in [0.2, 0.25) is 5.88 Å². The minimum atomic E-state index is 0.123. The Morgan fingerprint density at radius 1 is 1.28 bits per heavy atom. The highest BCUT2D eigenvalue weighted by Gasteiger charge is 2.09. The van der Waals surface area contributed by atoms with Crippen LogP contribution in [-0.4, -0.2) is 23.8 Å². The molecule has 0 spiro atoms. The molecule has 2 rings (SSSR count). The van der Waals surface area contributed by atoms with E-state index in [9.17, 15) is 5.11 Å². The third-order valence-electron chi connectivity index (χ3n) is 2.27. The summed E-state index contributed by atoms with van der Waals surface area (Å²) >= 11 is 0. The molecule has 0 saturated heterocycles. The predicted octanol–water partition coefficient (Wildman–Crippen LogP) is 3.37. The Hall–Kier alpha value is -1.97. The molecule has 1 N–H and O–H groups in total. The van der Waals surface area contributed by atoms with Gasteiger partial charge in [-0.3, -0.25) is 0 Å². The quantitative estimate of drug-likeness (QED) is 0.906. The lowest BCUT2D eigenvalue weighted by Gasteiger charge is -2.09. The number of rotatable bonds is 3. The smallest absolute Gasteiger partial charge is 0.217 e. The van der Waals surface area contributed by atoms with Crippen LogP contribution in [0.5, 0.6) is 17.4 Å². The molecule has 4 nitrogen and oxygen atoms in total. The van der Waals surface area contributed by atoms with Crippen LogP contribution in [0.2, 0.25) is 0 Å². The fraction of sp³-hybridized carbons (Fsp3) is 0.357. The van der Waals surface area contributed by atoms with Crippen molar-refractivity contribution in [2.75, 3.05) is 13.7 Å². The van der Waals surface area contributed by atoms with Crippen LogP contribution in [0.3, 0.4) is 0 Å². The van der Waals surface area contributed by atoms with Gasteiger partial charge in [0.15, 0.2) is 0 Å². The van der Waals surface area contributed by atoms with Crippen LogP contribution in [-0.2, 0) is 0 Å². The molecule has 0 aliphatic rings. The maximum absolute atomic E-state index is 9.71. The number of pyridine rings is 1. The second kappa shape index (κ2) is 6.69. The average Bonchev–Trinajstić information content (AvgIpc) is 2.41. The Morgan fingerprint density at radius 3 is 2.61 bits per heavy atom. The topological polar surface area (TPSA) is 51.6 Å². The van der Waals surface area contributed by atoms with Crippen molar-refractivity contribution in [1.82, 2.24) is 4.98 Å². The molecular weight excluding hydrogens is 230 g/mol. The van der Waals surface area contributed by atoms with E-state index in [2.05, 4.69) is 4.98 Å². The third-order valence-corrected chi connectivity index (χ3v) is 2.27. The number of phenolic OH excluding ortho intramolecular Hbond substituents is 1. The van der Waals surface area contributed by atoms with E-state index in [4.69, 9.17) is 9.47 Å². The minimum Gasteiger partial charge on any atom is -0.506 e. The number of fused-ring (bicyclic) bond motifs is 1. The van der Waals surface area contributed by atoms with Crippen molar-refractivity contribution in [3.05, 3.63) is 24.3 Å². The van der Waals surface area contributed by atoms with E-state index in [0.29, 0.717) is 23.8 Å². The van der Waals surface area contributed by atoms with E-state index < -0.39 is 0 Å². The van der Waals surface area contributed by atoms with Crippen LogP contribution in [0.25, 0.3) is 10.9 Å². The Bertz CT molecular complexity index is 512. The second-order valence-electron chi connectivity index (χ2n) is 3.27. The number of phenols is 1. The maximum Gasteiger partial charge on any atom is 0.217 e. The van der Waals surface area contributed by atoms with E-state index >= 15 is 0 Å². The van der Waals surface area contributed by atoms with E-state index in [0.717, 1.165) is 5.39 Å².